The topological polar surface area (TPSA) is 60.2 Å². The minimum absolute atomic E-state index is 0.0514. The first-order valence-electron chi connectivity index (χ1n) is 7.51. The van der Waals surface area contributed by atoms with Crippen LogP contribution in [0, 0.1) is 11.8 Å². The van der Waals surface area contributed by atoms with E-state index < -0.39 is 0 Å². The molecule has 1 unspecified atom stereocenters. The lowest BCUT2D eigenvalue weighted by molar-refractivity contribution is 0.0384. The van der Waals surface area contributed by atoms with Gasteiger partial charge >= 0.3 is 0 Å². The van der Waals surface area contributed by atoms with E-state index in [0.717, 1.165) is 31.2 Å². The van der Waals surface area contributed by atoms with Crippen LogP contribution in [0.2, 0.25) is 0 Å². The second kappa shape index (κ2) is 6.01. The van der Waals surface area contributed by atoms with Crippen LogP contribution in [0.5, 0.6) is 0 Å². The molecule has 3 rings (SSSR count). The zero-order chi connectivity index (χ0) is 13.1. The van der Waals surface area contributed by atoms with Crippen molar-refractivity contribution in [1.82, 2.24) is 15.5 Å². The first kappa shape index (κ1) is 13.1. The average molecular weight is 265 g/mol. The number of hydrogen-bond acceptors (Lipinski definition) is 5. The average Bonchev–Trinajstić information content (AvgIpc) is 3.17. The van der Waals surface area contributed by atoms with Gasteiger partial charge in [-0.2, -0.15) is 4.98 Å². The van der Waals surface area contributed by atoms with Gasteiger partial charge in [-0.25, -0.2) is 0 Å². The summed E-state index contributed by atoms with van der Waals surface area (Å²) >= 11 is 0. The van der Waals surface area contributed by atoms with Gasteiger partial charge in [0.25, 0.3) is 0 Å². The van der Waals surface area contributed by atoms with Crippen LogP contribution in [-0.4, -0.2) is 29.8 Å². The molecule has 106 valence electrons. The molecule has 5 nitrogen and oxygen atoms in total. The normalized spacial score (nSPS) is 22.6. The summed E-state index contributed by atoms with van der Waals surface area (Å²) in [5.41, 5.74) is 0. The second-order valence-corrected chi connectivity index (χ2v) is 5.66. The fraction of sp³-hybridized carbons (Fsp3) is 0.857. The van der Waals surface area contributed by atoms with Crippen molar-refractivity contribution in [3.63, 3.8) is 0 Å². The maximum absolute atomic E-state index is 5.76. The summed E-state index contributed by atoms with van der Waals surface area (Å²) in [7, 11) is 0. The molecule has 0 spiro atoms. The number of nitrogens with zero attached hydrogens (tertiary/aromatic N) is 2. The van der Waals surface area contributed by atoms with Gasteiger partial charge in [-0.15, -0.1) is 0 Å². The highest BCUT2D eigenvalue weighted by atomic mass is 16.5. The molecule has 19 heavy (non-hydrogen) atoms. The maximum atomic E-state index is 5.76. The molecule has 1 atom stereocenters. The summed E-state index contributed by atoms with van der Waals surface area (Å²) in [5, 5.41) is 7.51. The fourth-order valence-electron chi connectivity index (χ4n) is 2.80. The molecule has 2 fully saturated rings. The molecule has 1 saturated heterocycles. The summed E-state index contributed by atoms with van der Waals surface area (Å²) in [4.78, 5) is 4.56. The molecule has 1 saturated carbocycles. The van der Waals surface area contributed by atoms with Crippen molar-refractivity contribution >= 4 is 0 Å². The number of ether oxygens (including phenoxy) is 1. The van der Waals surface area contributed by atoms with Gasteiger partial charge in [0.1, 0.15) is 6.10 Å². The van der Waals surface area contributed by atoms with Crippen molar-refractivity contribution in [3.8, 4) is 0 Å². The number of piperidine rings is 1. The second-order valence-electron chi connectivity index (χ2n) is 5.66. The molecule has 1 aliphatic heterocycles. The van der Waals surface area contributed by atoms with Gasteiger partial charge in [0, 0.05) is 13.0 Å². The highest BCUT2D eigenvalue weighted by Gasteiger charge is 2.36. The summed E-state index contributed by atoms with van der Waals surface area (Å²) in [5.74, 6) is 2.82. The van der Waals surface area contributed by atoms with Crippen LogP contribution in [0.4, 0.5) is 0 Å². The Hall–Kier alpha value is -0.940. The maximum Gasteiger partial charge on any atom is 0.227 e. The molecular formula is C14H23N3O2. The van der Waals surface area contributed by atoms with E-state index in [4.69, 9.17) is 9.26 Å². The van der Waals surface area contributed by atoms with Crippen molar-refractivity contribution in [1.29, 1.82) is 0 Å². The monoisotopic (exact) mass is 265 g/mol. The Labute approximate surface area is 114 Å². The molecule has 1 N–H and O–H groups in total. The molecule has 2 heterocycles. The van der Waals surface area contributed by atoms with Crippen LogP contribution in [0.15, 0.2) is 4.52 Å². The summed E-state index contributed by atoms with van der Waals surface area (Å²) in [6.45, 7) is 4.94. The smallest absolute Gasteiger partial charge is 0.227 e. The van der Waals surface area contributed by atoms with Crippen LogP contribution in [-0.2, 0) is 11.2 Å². The summed E-state index contributed by atoms with van der Waals surface area (Å²) in [6, 6.07) is 0. The zero-order valence-electron chi connectivity index (χ0n) is 11.6. The first-order valence-corrected chi connectivity index (χ1v) is 7.51. The van der Waals surface area contributed by atoms with E-state index in [-0.39, 0.29) is 6.10 Å². The Morgan fingerprint density at radius 3 is 2.79 bits per heavy atom. The minimum atomic E-state index is 0.0514. The van der Waals surface area contributed by atoms with Crippen LogP contribution in [0.3, 0.4) is 0 Å². The van der Waals surface area contributed by atoms with Gasteiger partial charge in [-0.05, 0) is 57.5 Å². The van der Waals surface area contributed by atoms with Crippen molar-refractivity contribution in [2.24, 2.45) is 11.8 Å². The Balaban J connectivity index is 1.61. The van der Waals surface area contributed by atoms with E-state index in [2.05, 4.69) is 15.5 Å². The van der Waals surface area contributed by atoms with Crippen LogP contribution >= 0.6 is 0 Å². The predicted octanol–water partition coefficient (Wildman–Crippen LogP) is 2.10. The largest absolute Gasteiger partial charge is 0.370 e. The van der Waals surface area contributed by atoms with Crippen molar-refractivity contribution in [3.05, 3.63) is 11.7 Å². The molecule has 1 aromatic heterocycles. The third kappa shape index (κ3) is 3.34. The van der Waals surface area contributed by atoms with Crippen LogP contribution in [0.1, 0.15) is 50.4 Å². The van der Waals surface area contributed by atoms with Crippen LogP contribution < -0.4 is 5.32 Å². The molecule has 1 aliphatic carbocycles. The van der Waals surface area contributed by atoms with Gasteiger partial charge in [0.2, 0.25) is 11.7 Å². The third-order valence-corrected chi connectivity index (χ3v) is 4.06. The number of nitrogens with one attached hydrogen (secondary N) is 1. The molecule has 0 aromatic carbocycles. The standard InChI is InChI=1S/C14H23N3O2/c1-2-18-13(11-3-4-11)14-16-12(19-17-14)9-10-5-7-15-8-6-10/h10-11,13,15H,2-9H2,1H3. The van der Waals surface area contributed by atoms with E-state index >= 15 is 0 Å². The van der Waals surface area contributed by atoms with Gasteiger partial charge in [0.05, 0.1) is 0 Å². The Morgan fingerprint density at radius 1 is 1.32 bits per heavy atom. The highest BCUT2D eigenvalue weighted by Crippen LogP contribution is 2.42. The molecule has 0 amide bonds. The first-order chi connectivity index (χ1) is 9.36. The van der Waals surface area contributed by atoms with Gasteiger partial charge in [0.15, 0.2) is 0 Å². The van der Waals surface area contributed by atoms with Crippen LogP contribution in [0.25, 0.3) is 0 Å². The summed E-state index contributed by atoms with van der Waals surface area (Å²) in [6.07, 6.45) is 5.82. The molecule has 1 aromatic rings. The minimum Gasteiger partial charge on any atom is -0.370 e. The molecular weight excluding hydrogens is 242 g/mol. The lowest BCUT2D eigenvalue weighted by Gasteiger charge is -2.20. The van der Waals surface area contributed by atoms with E-state index in [1.54, 1.807) is 0 Å². The lowest BCUT2D eigenvalue weighted by atomic mass is 9.95. The highest BCUT2D eigenvalue weighted by molar-refractivity contribution is 4.99. The van der Waals surface area contributed by atoms with E-state index in [1.807, 2.05) is 6.92 Å². The lowest BCUT2D eigenvalue weighted by Crippen LogP contribution is -2.28. The predicted molar refractivity (Wildman–Crippen MR) is 70.7 cm³/mol. The van der Waals surface area contributed by atoms with Gasteiger partial charge in [-0.3, -0.25) is 0 Å². The van der Waals surface area contributed by atoms with Gasteiger partial charge < -0.3 is 14.6 Å². The molecule has 2 aliphatic rings. The van der Waals surface area contributed by atoms with Crippen molar-refractivity contribution in [2.75, 3.05) is 19.7 Å². The number of rotatable bonds is 6. The zero-order valence-corrected chi connectivity index (χ0v) is 11.6. The van der Waals surface area contributed by atoms with E-state index in [9.17, 15) is 0 Å². The number of aromatic nitrogens is 2. The van der Waals surface area contributed by atoms with Gasteiger partial charge in [-0.1, -0.05) is 5.16 Å². The SMILES string of the molecule is CCOC(c1noc(CC2CCNCC2)n1)C1CC1. The molecule has 0 radical (unpaired) electrons. The Bertz CT molecular complexity index is 397. The van der Waals surface area contributed by atoms with Crippen molar-refractivity contribution < 1.29 is 9.26 Å². The third-order valence-electron chi connectivity index (χ3n) is 4.06. The molecule has 0 bridgehead atoms. The van der Waals surface area contributed by atoms with E-state index in [0.29, 0.717) is 18.4 Å². The summed E-state index contributed by atoms with van der Waals surface area (Å²) < 4.78 is 11.2. The Kier molecular flexibility index (Phi) is 4.13. The quantitative estimate of drug-likeness (QED) is 0.853. The molecule has 5 heteroatoms. The van der Waals surface area contributed by atoms with Crippen molar-refractivity contribution in [2.45, 2.75) is 45.1 Å². The fourth-order valence-corrected chi connectivity index (χ4v) is 2.80. The Morgan fingerprint density at radius 2 is 2.11 bits per heavy atom. The number of hydrogen-bond donors (Lipinski definition) is 1. The van der Waals surface area contributed by atoms with E-state index in [1.165, 1.54) is 25.7 Å².